The summed E-state index contributed by atoms with van der Waals surface area (Å²) < 4.78 is 6.94. The van der Waals surface area contributed by atoms with Crippen molar-refractivity contribution in [3.63, 3.8) is 0 Å². The van der Waals surface area contributed by atoms with Crippen LogP contribution in [-0.4, -0.2) is 53.6 Å². The lowest BCUT2D eigenvalue weighted by Crippen LogP contribution is -2.42. The maximum Gasteiger partial charge on any atom is 0.149 e. The monoisotopic (exact) mass is 216 g/mol. The van der Waals surface area contributed by atoms with Crippen LogP contribution in [-0.2, 0) is 0 Å². The van der Waals surface area contributed by atoms with Crippen molar-refractivity contribution in [2.45, 2.75) is 20.3 Å². The van der Waals surface area contributed by atoms with E-state index >= 15 is 0 Å². The van der Waals surface area contributed by atoms with E-state index in [1.54, 1.807) is 0 Å². The first kappa shape index (κ1) is 11.9. The Morgan fingerprint density at radius 3 is 2.43 bits per heavy atom. The Labute approximate surface area is 88.3 Å². The third kappa shape index (κ3) is 2.25. The molecule has 5 heteroatoms. The van der Waals surface area contributed by atoms with Gasteiger partial charge >= 0.3 is 0 Å². The molecule has 0 aromatic carbocycles. The van der Waals surface area contributed by atoms with Crippen molar-refractivity contribution in [1.82, 2.24) is 14.0 Å². The second-order valence-corrected chi connectivity index (χ2v) is 5.89. The van der Waals surface area contributed by atoms with Gasteiger partial charge in [0.05, 0.1) is 0 Å². The van der Waals surface area contributed by atoms with Crippen LogP contribution in [0.25, 0.3) is 0 Å². The molecule has 0 aliphatic carbocycles. The van der Waals surface area contributed by atoms with Gasteiger partial charge in [-0.05, 0) is 7.05 Å². The van der Waals surface area contributed by atoms with E-state index in [0.29, 0.717) is 0 Å². The van der Waals surface area contributed by atoms with Crippen LogP contribution < -0.4 is 0 Å². The van der Waals surface area contributed by atoms with E-state index in [9.17, 15) is 0 Å². The highest BCUT2D eigenvalue weighted by atomic mass is 31.2. The Bertz CT molecular complexity index is 205. The van der Waals surface area contributed by atoms with Crippen molar-refractivity contribution < 1.29 is 0 Å². The van der Waals surface area contributed by atoms with Gasteiger partial charge in [-0.2, -0.15) is 0 Å². The molecule has 1 unspecified atom stereocenters. The predicted molar refractivity (Wildman–Crippen MR) is 62.6 cm³/mol. The molecule has 0 saturated carbocycles. The van der Waals surface area contributed by atoms with Crippen molar-refractivity contribution in [1.29, 1.82) is 5.41 Å². The van der Waals surface area contributed by atoms with E-state index in [1.165, 1.54) is 0 Å². The van der Waals surface area contributed by atoms with E-state index in [4.69, 9.17) is 5.41 Å². The zero-order valence-corrected chi connectivity index (χ0v) is 10.5. The molecular formula is C9H21N4P. The van der Waals surface area contributed by atoms with Gasteiger partial charge in [0.25, 0.3) is 0 Å². The number of nitrogens with zero attached hydrogens (tertiary/aromatic N) is 3. The highest BCUT2D eigenvalue weighted by Gasteiger charge is 2.31. The molecule has 1 rings (SSSR count). The van der Waals surface area contributed by atoms with Gasteiger partial charge < -0.3 is 4.67 Å². The van der Waals surface area contributed by atoms with Crippen LogP contribution in [0.3, 0.4) is 0 Å². The van der Waals surface area contributed by atoms with E-state index < -0.39 is 8.37 Å². The zero-order chi connectivity index (χ0) is 10.7. The van der Waals surface area contributed by atoms with Crippen molar-refractivity contribution in [2.75, 3.05) is 33.7 Å². The smallest absolute Gasteiger partial charge is 0.149 e. The summed E-state index contributed by atoms with van der Waals surface area (Å²) in [5.41, 5.74) is 0. The van der Waals surface area contributed by atoms with Crippen LogP contribution in [0.1, 0.15) is 20.3 Å². The summed E-state index contributed by atoms with van der Waals surface area (Å²) in [4.78, 5) is 0. The van der Waals surface area contributed by atoms with Gasteiger partial charge in [-0.15, -0.1) is 0 Å². The van der Waals surface area contributed by atoms with Crippen LogP contribution in [0.15, 0.2) is 0 Å². The Hall–Kier alpha value is -0.180. The second-order valence-electron chi connectivity index (χ2n) is 3.51. The molecular weight excluding hydrogens is 195 g/mol. The molecule has 0 bridgehead atoms. The Morgan fingerprint density at radius 2 is 1.93 bits per heavy atom. The number of hydrogen-bond donors (Lipinski definition) is 1. The first-order valence-electron chi connectivity index (χ1n) is 5.18. The Morgan fingerprint density at radius 1 is 1.36 bits per heavy atom. The quantitative estimate of drug-likeness (QED) is 0.730. The molecule has 14 heavy (non-hydrogen) atoms. The van der Waals surface area contributed by atoms with Crippen LogP contribution >= 0.6 is 8.37 Å². The standard InChI is InChI=1S/C9H21N4P/c1-5-13(6-2)14-11(3)8-7-9(10)12(14)4/h10H,5-8H2,1-4H3. The van der Waals surface area contributed by atoms with Gasteiger partial charge in [0, 0.05) is 33.1 Å². The summed E-state index contributed by atoms with van der Waals surface area (Å²) in [5.74, 6) is 0.779. The third-order valence-electron chi connectivity index (χ3n) is 2.62. The molecule has 4 nitrogen and oxygen atoms in total. The van der Waals surface area contributed by atoms with Crippen molar-refractivity contribution >= 4 is 14.2 Å². The summed E-state index contributed by atoms with van der Waals surface area (Å²) in [7, 11) is 3.78. The van der Waals surface area contributed by atoms with Crippen molar-refractivity contribution in [2.24, 2.45) is 0 Å². The molecule has 1 aliphatic heterocycles. The maximum absolute atomic E-state index is 7.85. The highest BCUT2D eigenvalue weighted by Crippen LogP contribution is 2.48. The van der Waals surface area contributed by atoms with E-state index in [0.717, 1.165) is 31.9 Å². The van der Waals surface area contributed by atoms with Gasteiger partial charge in [0.15, 0.2) is 0 Å². The molecule has 1 heterocycles. The van der Waals surface area contributed by atoms with Crippen LogP contribution in [0.4, 0.5) is 0 Å². The molecule has 1 atom stereocenters. The van der Waals surface area contributed by atoms with Gasteiger partial charge in [0.2, 0.25) is 0 Å². The molecule has 0 aromatic rings. The highest BCUT2D eigenvalue weighted by molar-refractivity contribution is 7.51. The molecule has 1 saturated heterocycles. The molecule has 1 fully saturated rings. The minimum atomic E-state index is -0.422. The number of hydrogen-bond acceptors (Lipinski definition) is 3. The molecule has 0 radical (unpaired) electrons. The van der Waals surface area contributed by atoms with E-state index in [2.05, 4.69) is 34.9 Å². The largest absolute Gasteiger partial charge is 0.318 e. The average molecular weight is 216 g/mol. The second kappa shape index (κ2) is 5.06. The van der Waals surface area contributed by atoms with E-state index in [1.807, 2.05) is 7.05 Å². The minimum absolute atomic E-state index is 0.422. The van der Waals surface area contributed by atoms with Gasteiger partial charge in [-0.25, -0.2) is 0 Å². The average Bonchev–Trinajstić information content (AvgIpc) is 2.19. The lowest BCUT2D eigenvalue weighted by atomic mass is 10.4. The molecule has 82 valence electrons. The lowest BCUT2D eigenvalue weighted by molar-refractivity contribution is 0.396. The third-order valence-corrected chi connectivity index (χ3v) is 5.28. The van der Waals surface area contributed by atoms with Crippen molar-refractivity contribution in [3.05, 3.63) is 0 Å². The summed E-state index contributed by atoms with van der Waals surface area (Å²) in [6.07, 6.45) is 0.882. The molecule has 0 spiro atoms. The summed E-state index contributed by atoms with van der Waals surface area (Å²) >= 11 is 0. The Kier molecular flexibility index (Phi) is 4.30. The summed E-state index contributed by atoms with van der Waals surface area (Å²) in [6.45, 7) is 7.51. The fraction of sp³-hybridized carbons (Fsp3) is 0.889. The zero-order valence-electron chi connectivity index (χ0n) is 9.62. The molecule has 1 N–H and O–H groups in total. The fourth-order valence-electron chi connectivity index (χ4n) is 1.74. The van der Waals surface area contributed by atoms with Crippen LogP contribution in [0.2, 0.25) is 0 Å². The number of nitrogens with one attached hydrogen (secondary N) is 1. The first-order chi connectivity index (χ1) is 6.61. The topological polar surface area (TPSA) is 33.6 Å². The normalized spacial score (nSPS) is 24.8. The fourth-order valence-corrected chi connectivity index (χ4v) is 4.11. The molecule has 0 aromatic heterocycles. The Balaban J connectivity index is 2.75. The van der Waals surface area contributed by atoms with Gasteiger partial charge in [-0.3, -0.25) is 14.8 Å². The molecule has 1 aliphatic rings. The minimum Gasteiger partial charge on any atom is -0.318 e. The maximum atomic E-state index is 7.85. The number of rotatable bonds is 3. The number of amidine groups is 1. The van der Waals surface area contributed by atoms with Crippen molar-refractivity contribution in [3.8, 4) is 0 Å². The summed E-state index contributed by atoms with van der Waals surface area (Å²) in [5, 5.41) is 7.85. The first-order valence-corrected chi connectivity index (χ1v) is 6.38. The van der Waals surface area contributed by atoms with E-state index in [-0.39, 0.29) is 0 Å². The predicted octanol–water partition coefficient (Wildman–Crippen LogP) is 1.80. The SMILES string of the molecule is CCN(CC)P1N(C)CCC(=N)N1C. The van der Waals surface area contributed by atoms with Crippen LogP contribution in [0.5, 0.6) is 0 Å². The molecule has 0 amide bonds. The lowest BCUT2D eigenvalue weighted by Gasteiger charge is -2.45. The van der Waals surface area contributed by atoms with Gasteiger partial charge in [0.1, 0.15) is 14.2 Å². The van der Waals surface area contributed by atoms with Gasteiger partial charge in [-0.1, -0.05) is 13.8 Å². The van der Waals surface area contributed by atoms with Crippen LogP contribution in [0, 0.1) is 5.41 Å². The summed E-state index contributed by atoms with van der Waals surface area (Å²) in [6, 6.07) is 0.